The number of hydrogen-bond donors (Lipinski definition) is 1. The number of benzene rings is 3. The van der Waals surface area contributed by atoms with Crippen LogP contribution in [0.3, 0.4) is 0 Å². The van der Waals surface area contributed by atoms with Crippen LogP contribution in [0.4, 0.5) is 5.69 Å². The fourth-order valence-electron chi connectivity index (χ4n) is 3.40. The van der Waals surface area contributed by atoms with Crippen molar-refractivity contribution in [1.82, 2.24) is 14.8 Å². The fraction of sp³-hybridized carbons (Fsp3) is 0.160. The van der Waals surface area contributed by atoms with Gasteiger partial charge in [0.15, 0.2) is 5.82 Å². The van der Waals surface area contributed by atoms with Gasteiger partial charge in [0.2, 0.25) is 5.82 Å². The number of hydrogen-bond acceptors (Lipinski definition) is 3. The van der Waals surface area contributed by atoms with E-state index in [2.05, 4.69) is 41.4 Å². The zero-order valence-corrected chi connectivity index (χ0v) is 17.6. The van der Waals surface area contributed by atoms with Crippen molar-refractivity contribution in [3.8, 4) is 17.1 Å². The number of para-hydroxylation sites is 1. The van der Waals surface area contributed by atoms with E-state index in [9.17, 15) is 4.79 Å². The first-order valence-corrected chi connectivity index (χ1v) is 9.91. The third-order valence-electron chi connectivity index (χ3n) is 5.30. The number of aromatic nitrogens is 3. The molecule has 4 rings (SSSR count). The van der Waals surface area contributed by atoms with Crippen LogP contribution in [0, 0.1) is 27.7 Å². The highest BCUT2D eigenvalue weighted by atomic mass is 16.2. The maximum atomic E-state index is 13.0. The van der Waals surface area contributed by atoms with Crippen LogP contribution in [0.1, 0.15) is 32.9 Å². The first-order valence-electron chi connectivity index (χ1n) is 9.91. The van der Waals surface area contributed by atoms with Crippen LogP contribution >= 0.6 is 0 Å². The molecule has 0 bridgehead atoms. The summed E-state index contributed by atoms with van der Waals surface area (Å²) in [4.78, 5) is 17.6. The minimum atomic E-state index is -0.327. The lowest BCUT2D eigenvalue weighted by Gasteiger charge is -2.09. The highest BCUT2D eigenvalue weighted by Gasteiger charge is 2.20. The standard InChI is InChI=1S/C25H24N4O/c1-16-13-14-21(15-19(16)4)29-24(20-11-6-5-7-12-20)27-23(28-29)25(30)26-22-17(2)9-8-10-18(22)3/h5-15H,1-4H3,(H,26,30). The van der Waals surface area contributed by atoms with Crippen molar-refractivity contribution >= 4 is 11.6 Å². The quantitative estimate of drug-likeness (QED) is 0.501. The molecular formula is C25H24N4O. The highest BCUT2D eigenvalue weighted by Crippen LogP contribution is 2.24. The minimum Gasteiger partial charge on any atom is -0.319 e. The number of nitrogens with one attached hydrogen (secondary N) is 1. The molecule has 5 heteroatoms. The molecule has 0 aliphatic heterocycles. The number of amides is 1. The number of anilines is 1. The molecule has 4 aromatic rings. The number of rotatable bonds is 4. The predicted octanol–water partition coefficient (Wildman–Crippen LogP) is 5.42. The molecule has 0 fully saturated rings. The van der Waals surface area contributed by atoms with Gasteiger partial charge in [-0.3, -0.25) is 4.79 Å². The Bertz CT molecular complexity index is 1210. The van der Waals surface area contributed by atoms with Crippen LogP contribution < -0.4 is 5.32 Å². The van der Waals surface area contributed by atoms with Crippen molar-refractivity contribution in [2.24, 2.45) is 0 Å². The molecule has 0 spiro atoms. The molecule has 30 heavy (non-hydrogen) atoms. The Labute approximate surface area is 176 Å². The largest absolute Gasteiger partial charge is 0.319 e. The average molecular weight is 396 g/mol. The van der Waals surface area contributed by atoms with Crippen molar-refractivity contribution in [3.63, 3.8) is 0 Å². The van der Waals surface area contributed by atoms with Gasteiger partial charge in [0.1, 0.15) is 0 Å². The van der Waals surface area contributed by atoms with Crippen LogP contribution in [0.15, 0.2) is 66.7 Å². The first kappa shape index (κ1) is 19.6. The van der Waals surface area contributed by atoms with Gasteiger partial charge in [-0.05, 0) is 62.1 Å². The molecule has 1 amide bonds. The predicted molar refractivity (Wildman–Crippen MR) is 120 cm³/mol. The molecule has 0 saturated carbocycles. The lowest BCUT2D eigenvalue weighted by molar-refractivity contribution is 0.101. The van der Waals surface area contributed by atoms with Gasteiger partial charge in [0.05, 0.1) is 5.69 Å². The molecule has 0 atom stereocenters. The summed E-state index contributed by atoms with van der Waals surface area (Å²) in [7, 11) is 0. The minimum absolute atomic E-state index is 0.134. The van der Waals surface area contributed by atoms with Crippen LogP contribution in [0.5, 0.6) is 0 Å². The Hall–Kier alpha value is -3.73. The zero-order chi connectivity index (χ0) is 21.3. The number of carbonyl (C=O) groups excluding carboxylic acids is 1. The summed E-state index contributed by atoms with van der Waals surface area (Å²) < 4.78 is 1.74. The van der Waals surface area contributed by atoms with Crippen molar-refractivity contribution in [2.75, 3.05) is 5.32 Å². The summed E-state index contributed by atoms with van der Waals surface area (Å²) in [6, 6.07) is 21.8. The molecule has 0 saturated heterocycles. The number of aryl methyl sites for hydroxylation is 4. The molecule has 1 heterocycles. The molecule has 0 aliphatic carbocycles. The van der Waals surface area contributed by atoms with Gasteiger partial charge in [-0.2, -0.15) is 0 Å². The first-order chi connectivity index (χ1) is 14.4. The van der Waals surface area contributed by atoms with Gasteiger partial charge in [0, 0.05) is 11.3 Å². The Morgan fingerprint density at radius 2 is 1.50 bits per heavy atom. The van der Waals surface area contributed by atoms with Gasteiger partial charge < -0.3 is 5.32 Å². The van der Waals surface area contributed by atoms with E-state index in [1.54, 1.807) is 4.68 Å². The Morgan fingerprint density at radius 1 is 0.800 bits per heavy atom. The molecule has 5 nitrogen and oxygen atoms in total. The summed E-state index contributed by atoms with van der Waals surface area (Å²) in [6.07, 6.45) is 0. The van der Waals surface area contributed by atoms with Crippen molar-refractivity contribution < 1.29 is 4.79 Å². The van der Waals surface area contributed by atoms with E-state index >= 15 is 0 Å². The third kappa shape index (κ3) is 3.74. The van der Waals surface area contributed by atoms with Crippen molar-refractivity contribution in [3.05, 3.63) is 94.8 Å². The van der Waals surface area contributed by atoms with Crippen molar-refractivity contribution in [2.45, 2.75) is 27.7 Å². The van der Waals surface area contributed by atoms with Crippen LogP contribution in [0.25, 0.3) is 17.1 Å². The number of nitrogens with zero attached hydrogens (tertiary/aromatic N) is 3. The molecule has 150 valence electrons. The Morgan fingerprint density at radius 3 is 2.17 bits per heavy atom. The van der Waals surface area contributed by atoms with Crippen molar-refractivity contribution in [1.29, 1.82) is 0 Å². The topological polar surface area (TPSA) is 59.8 Å². The Balaban J connectivity index is 1.79. The van der Waals surface area contributed by atoms with E-state index in [1.807, 2.05) is 68.4 Å². The maximum Gasteiger partial charge on any atom is 0.295 e. The molecule has 3 aromatic carbocycles. The summed E-state index contributed by atoms with van der Waals surface area (Å²) >= 11 is 0. The zero-order valence-electron chi connectivity index (χ0n) is 17.6. The van der Waals surface area contributed by atoms with Crippen LogP contribution in [-0.4, -0.2) is 20.7 Å². The smallest absolute Gasteiger partial charge is 0.295 e. The lowest BCUT2D eigenvalue weighted by Crippen LogP contribution is -2.16. The molecule has 0 aliphatic rings. The highest BCUT2D eigenvalue weighted by molar-refractivity contribution is 6.02. The van der Waals surface area contributed by atoms with E-state index in [4.69, 9.17) is 0 Å². The van der Waals surface area contributed by atoms with Crippen LogP contribution in [-0.2, 0) is 0 Å². The summed E-state index contributed by atoms with van der Waals surface area (Å²) in [5, 5.41) is 7.56. The maximum absolute atomic E-state index is 13.0. The average Bonchev–Trinajstić information content (AvgIpc) is 3.19. The summed E-state index contributed by atoms with van der Waals surface area (Å²) in [5.41, 5.74) is 6.92. The molecular weight excluding hydrogens is 372 g/mol. The normalized spacial score (nSPS) is 10.8. The summed E-state index contributed by atoms with van der Waals surface area (Å²) in [5.74, 6) is 0.437. The van der Waals surface area contributed by atoms with Crippen LogP contribution in [0.2, 0.25) is 0 Å². The molecule has 0 radical (unpaired) electrons. The van der Waals surface area contributed by atoms with E-state index < -0.39 is 0 Å². The van der Waals surface area contributed by atoms with E-state index in [-0.39, 0.29) is 11.7 Å². The SMILES string of the molecule is Cc1ccc(-n2nc(C(=O)Nc3c(C)cccc3C)nc2-c2ccccc2)cc1C. The number of carbonyl (C=O) groups is 1. The lowest BCUT2D eigenvalue weighted by atomic mass is 10.1. The fourth-order valence-corrected chi connectivity index (χ4v) is 3.40. The van der Waals surface area contributed by atoms with Gasteiger partial charge in [-0.25, -0.2) is 9.67 Å². The summed E-state index contributed by atoms with van der Waals surface area (Å²) in [6.45, 7) is 8.08. The second-order valence-electron chi connectivity index (χ2n) is 7.53. The Kier molecular flexibility index (Phi) is 5.19. The van der Waals surface area contributed by atoms with Gasteiger partial charge in [-0.15, -0.1) is 5.10 Å². The molecule has 1 N–H and O–H groups in total. The van der Waals surface area contributed by atoms with E-state index in [0.29, 0.717) is 5.82 Å². The monoisotopic (exact) mass is 396 g/mol. The van der Waals surface area contributed by atoms with E-state index in [0.717, 1.165) is 33.6 Å². The van der Waals surface area contributed by atoms with Gasteiger partial charge >= 0.3 is 0 Å². The molecule has 1 aromatic heterocycles. The second kappa shape index (κ2) is 7.95. The van der Waals surface area contributed by atoms with Gasteiger partial charge in [0.25, 0.3) is 5.91 Å². The molecule has 0 unspecified atom stereocenters. The third-order valence-corrected chi connectivity index (χ3v) is 5.30. The second-order valence-corrected chi connectivity index (χ2v) is 7.53. The van der Waals surface area contributed by atoms with Gasteiger partial charge in [-0.1, -0.05) is 54.6 Å². The van der Waals surface area contributed by atoms with E-state index in [1.165, 1.54) is 5.56 Å².